The van der Waals surface area contributed by atoms with E-state index >= 15 is 0 Å². The molecule has 0 aliphatic rings. The highest BCUT2D eigenvalue weighted by atomic mass is 32.1. The standard InChI is InChI=1S/C13H14O3S/c1-2-16-13(15)10-11(14)6-3-4-7-12-8-5-9-17-12/h3,5-6,8-9,11,14H,2,10H2,1H3. The molecule has 90 valence electrons. The first-order valence-corrected chi connectivity index (χ1v) is 6.15. The summed E-state index contributed by atoms with van der Waals surface area (Å²) in [5.74, 6) is 5.30. The molecule has 0 aromatic carbocycles. The van der Waals surface area contributed by atoms with Crippen LogP contribution in [0.15, 0.2) is 29.7 Å². The van der Waals surface area contributed by atoms with E-state index in [9.17, 15) is 9.90 Å². The summed E-state index contributed by atoms with van der Waals surface area (Å²) in [5, 5.41) is 11.4. The van der Waals surface area contributed by atoms with Crippen molar-refractivity contribution in [2.45, 2.75) is 19.4 Å². The highest BCUT2D eigenvalue weighted by Gasteiger charge is 2.07. The van der Waals surface area contributed by atoms with Crippen molar-refractivity contribution in [1.82, 2.24) is 0 Å². The summed E-state index contributed by atoms with van der Waals surface area (Å²) in [5.41, 5.74) is 0. The first kappa shape index (κ1) is 13.5. The van der Waals surface area contributed by atoms with E-state index in [0.29, 0.717) is 6.61 Å². The van der Waals surface area contributed by atoms with Crippen molar-refractivity contribution >= 4 is 17.3 Å². The molecule has 0 saturated carbocycles. The van der Waals surface area contributed by atoms with Crippen LogP contribution in [-0.4, -0.2) is 23.8 Å². The molecule has 1 heterocycles. The van der Waals surface area contributed by atoms with E-state index in [4.69, 9.17) is 4.74 Å². The Morgan fingerprint density at radius 2 is 2.53 bits per heavy atom. The van der Waals surface area contributed by atoms with Crippen LogP contribution in [0.3, 0.4) is 0 Å². The van der Waals surface area contributed by atoms with E-state index in [1.165, 1.54) is 6.08 Å². The van der Waals surface area contributed by atoms with Crippen molar-refractivity contribution in [3.8, 4) is 11.8 Å². The molecule has 0 fully saturated rings. The van der Waals surface area contributed by atoms with Crippen molar-refractivity contribution in [3.63, 3.8) is 0 Å². The van der Waals surface area contributed by atoms with Crippen LogP contribution in [0.2, 0.25) is 0 Å². The molecule has 1 aromatic heterocycles. The van der Waals surface area contributed by atoms with Gasteiger partial charge in [-0.3, -0.25) is 4.79 Å². The molecule has 1 N–H and O–H groups in total. The topological polar surface area (TPSA) is 46.5 Å². The van der Waals surface area contributed by atoms with Crippen molar-refractivity contribution in [2.24, 2.45) is 0 Å². The molecule has 1 unspecified atom stereocenters. The van der Waals surface area contributed by atoms with E-state index in [2.05, 4.69) is 11.8 Å². The van der Waals surface area contributed by atoms with Gasteiger partial charge < -0.3 is 9.84 Å². The van der Waals surface area contributed by atoms with E-state index in [0.717, 1.165) is 4.88 Å². The molecule has 0 aliphatic heterocycles. The Labute approximate surface area is 105 Å². The average Bonchev–Trinajstić information content (AvgIpc) is 2.77. The van der Waals surface area contributed by atoms with Gasteiger partial charge in [0.05, 0.1) is 24.0 Å². The second-order valence-corrected chi connectivity index (χ2v) is 4.13. The Morgan fingerprint density at radius 1 is 1.71 bits per heavy atom. The molecule has 3 nitrogen and oxygen atoms in total. The van der Waals surface area contributed by atoms with E-state index in [1.54, 1.807) is 24.3 Å². The van der Waals surface area contributed by atoms with Gasteiger partial charge in [0.2, 0.25) is 0 Å². The van der Waals surface area contributed by atoms with Crippen molar-refractivity contribution in [2.75, 3.05) is 6.61 Å². The molecule has 4 heteroatoms. The molecule has 17 heavy (non-hydrogen) atoms. The minimum Gasteiger partial charge on any atom is -0.466 e. The summed E-state index contributed by atoms with van der Waals surface area (Å²) in [6, 6.07) is 3.84. The van der Waals surface area contributed by atoms with Gasteiger partial charge in [0.15, 0.2) is 0 Å². The first-order chi connectivity index (χ1) is 8.22. The Bertz CT molecular complexity index is 423. The molecule has 0 spiro atoms. The van der Waals surface area contributed by atoms with Crippen LogP contribution >= 0.6 is 11.3 Å². The zero-order valence-electron chi connectivity index (χ0n) is 9.55. The van der Waals surface area contributed by atoms with Crippen molar-refractivity contribution < 1.29 is 14.6 Å². The Hall–Kier alpha value is -1.57. The Kier molecular flexibility index (Phi) is 6.08. The van der Waals surface area contributed by atoms with Crippen LogP contribution in [0.5, 0.6) is 0 Å². The number of hydrogen-bond acceptors (Lipinski definition) is 4. The number of carbonyl (C=O) groups is 1. The maximum absolute atomic E-state index is 11.0. The maximum Gasteiger partial charge on any atom is 0.308 e. The number of esters is 1. The lowest BCUT2D eigenvalue weighted by atomic mass is 10.2. The number of rotatable bonds is 4. The summed E-state index contributed by atoms with van der Waals surface area (Å²) < 4.78 is 4.71. The fourth-order valence-electron chi connectivity index (χ4n) is 1.08. The van der Waals surface area contributed by atoms with Gasteiger partial charge >= 0.3 is 5.97 Å². The Balaban J connectivity index is 2.35. The predicted molar refractivity (Wildman–Crippen MR) is 67.6 cm³/mol. The fourth-order valence-corrected chi connectivity index (χ4v) is 1.66. The maximum atomic E-state index is 11.0. The van der Waals surface area contributed by atoms with E-state index in [1.807, 2.05) is 17.5 Å². The third kappa shape index (κ3) is 5.91. The molecule has 1 rings (SSSR count). The first-order valence-electron chi connectivity index (χ1n) is 5.27. The number of ether oxygens (including phenoxy) is 1. The molecule has 0 bridgehead atoms. The van der Waals surface area contributed by atoms with Crippen molar-refractivity contribution in [3.05, 3.63) is 34.5 Å². The number of carbonyl (C=O) groups excluding carboxylic acids is 1. The number of hydrogen-bond donors (Lipinski definition) is 1. The van der Waals surface area contributed by atoms with Crippen LogP contribution in [0.1, 0.15) is 18.2 Å². The molecule has 0 saturated heterocycles. The molecule has 0 radical (unpaired) electrons. The zero-order valence-corrected chi connectivity index (χ0v) is 10.4. The van der Waals surface area contributed by atoms with Crippen LogP contribution in [0, 0.1) is 11.8 Å². The van der Waals surface area contributed by atoms with Crippen LogP contribution in [0.25, 0.3) is 0 Å². The molecule has 1 aromatic rings. The van der Waals surface area contributed by atoms with Gasteiger partial charge in [0, 0.05) is 0 Å². The largest absolute Gasteiger partial charge is 0.466 e. The SMILES string of the molecule is CCOC(=O)CC(O)C=CC#Cc1cccs1. The predicted octanol–water partition coefficient (Wildman–Crippen LogP) is 1.97. The number of aliphatic hydroxyl groups is 1. The second-order valence-electron chi connectivity index (χ2n) is 3.18. The number of thiophene rings is 1. The molecular formula is C13H14O3S. The lowest BCUT2D eigenvalue weighted by Gasteiger charge is -2.03. The van der Waals surface area contributed by atoms with Gasteiger partial charge in [0.1, 0.15) is 0 Å². The average molecular weight is 250 g/mol. The van der Waals surface area contributed by atoms with Gasteiger partial charge in [-0.05, 0) is 30.5 Å². The third-order valence-electron chi connectivity index (χ3n) is 1.80. The van der Waals surface area contributed by atoms with Gasteiger partial charge in [-0.15, -0.1) is 11.3 Å². The minimum absolute atomic E-state index is 0.0367. The lowest BCUT2D eigenvalue weighted by molar-refractivity contribution is -0.144. The fraction of sp³-hybridized carbons (Fsp3) is 0.308. The minimum atomic E-state index is -0.841. The van der Waals surface area contributed by atoms with Gasteiger partial charge in [0.25, 0.3) is 0 Å². The summed E-state index contributed by atoms with van der Waals surface area (Å²) >= 11 is 1.55. The molecule has 1 atom stereocenters. The smallest absolute Gasteiger partial charge is 0.308 e. The summed E-state index contributed by atoms with van der Waals surface area (Å²) in [7, 11) is 0. The summed E-state index contributed by atoms with van der Waals surface area (Å²) in [6.07, 6.45) is 2.15. The monoisotopic (exact) mass is 250 g/mol. The van der Waals surface area contributed by atoms with Gasteiger partial charge in [-0.2, -0.15) is 0 Å². The third-order valence-corrected chi connectivity index (χ3v) is 2.58. The summed E-state index contributed by atoms with van der Waals surface area (Å²) in [6.45, 7) is 2.06. The quantitative estimate of drug-likeness (QED) is 0.656. The van der Waals surface area contributed by atoms with Gasteiger partial charge in [-0.25, -0.2) is 0 Å². The van der Waals surface area contributed by atoms with Crippen LogP contribution in [-0.2, 0) is 9.53 Å². The molecular weight excluding hydrogens is 236 g/mol. The highest BCUT2D eigenvalue weighted by Crippen LogP contribution is 2.05. The zero-order chi connectivity index (χ0) is 12.5. The van der Waals surface area contributed by atoms with Crippen molar-refractivity contribution in [1.29, 1.82) is 0 Å². The van der Waals surface area contributed by atoms with Crippen LogP contribution in [0.4, 0.5) is 0 Å². The molecule has 0 aliphatic carbocycles. The lowest BCUT2D eigenvalue weighted by Crippen LogP contribution is -2.13. The highest BCUT2D eigenvalue weighted by molar-refractivity contribution is 7.10. The Morgan fingerprint density at radius 3 is 3.18 bits per heavy atom. The van der Waals surface area contributed by atoms with E-state index in [-0.39, 0.29) is 6.42 Å². The van der Waals surface area contributed by atoms with E-state index < -0.39 is 12.1 Å². The molecule has 0 amide bonds. The van der Waals surface area contributed by atoms with Crippen LogP contribution < -0.4 is 0 Å². The number of allylic oxidation sites excluding steroid dienone is 1. The summed E-state index contributed by atoms with van der Waals surface area (Å²) in [4.78, 5) is 12.0. The van der Waals surface area contributed by atoms with Gasteiger partial charge in [-0.1, -0.05) is 17.9 Å². The normalized spacial score (nSPS) is 11.9. The second kappa shape index (κ2) is 7.66. The number of aliphatic hydroxyl groups excluding tert-OH is 1.